The van der Waals surface area contributed by atoms with Gasteiger partial charge in [-0.25, -0.2) is 4.98 Å². The molecule has 0 saturated carbocycles. The second-order valence-corrected chi connectivity index (χ2v) is 6.23. The molecule has 1 saturated heterocycles. The molecule has 0 radical (unpaired) electrons. The summed E-state index contributed by atoms with van der Waals surface area (Å²) in [4.78, 5) is 16.4. The molecule has 1 aliphatic heterocycles. The van der Waals surface area contributed by atoms with Crippen molar-refractivity contribution < 1.29 is 4.79 Å². The largest absolute Gasteiger partial charge is 0.323 e. The molecule has 1 aromatic heterocycles. The number of hydrogen-bond donors (Lipinski definition) is 2. The van der Waals surface area contributed by atoms with Gasteiger partial charge in [0.15, 0.2) is 0 Å². The lowest BCUT2D eigenvalue weighted by Crippen LogP contribution is -2.46. The van der Waals surface area contributed by atoms with Gasteiger partial charge < -0.3 is 15.2 Å². The first kappa shape index (κ1) is 14.4. The third-order valence-electron chi connectivity index (χ3n) is 3.25. The number of para-hydroxylation sites is 1. The van der Waals surface area contributed by atoms with E-state index in [0.717, 1.165) is 23.7 Å². The first-order valence-corrected chi connectivity index (χ1v) is 8.18. The van der Waals surface area contributed by atoms with Crippen molar-refractivity contribution in [3.8, 4) is 5.69 Å². The van der Waals surface area contributed by atoms with Gasteiger partial charge in [0.2, 0.25) is 5.91 Å². The van der Waals surface area contributed by atoms with Crippen LogP contribution >= 0.6 is 23.4 Å². The van der Waals surface area contributed by atoms with Crippen molar-refractivity contribution >= 4 is 35.0 Å². The van der Waals surface area contributed by atoms with Crippen molar-refractivity contribution in [3.05, 3.63) is 41.9 Å². The van der Waals surface area contributed by atoms with E-state index in [-0.39, 0.29) is 11.9 Å². The van der Waals surface area contributed by atoms with E-state index in [2.05, 4.69) is 15.6 Å². The molecule has 1 amide bonds. The van der Waals surface area contributed by atoms with E-state index in [4.69, 9.17) is 11.6 Å². The summed E-state index contributed by atoms with van der Waals surface area (Å²) < 4.78 is 1.79. The topological polar surface area (TPSA) is 59.0 Å². The fourth-order valence-corrected chi connectivity index (χ4v) is 3.43. The molecular weight excluding hydrogens is 308 g/mol. The van der Waals surface area contributed by atoms with Crippen LogP contribution in [0, 0.1) is 0 Å². The van der Waals surface area contributed by atoms with E-state index in [9.17, 15) is 4.79 Å². The van der Waals surface area contributed by atoms with E-state index in [1.165, 1.54) is 0 Å². The van der Waals surface area contributed by atoms with E-state index in [0.29, 0.717) is 10.7 Å². The van der Waals surface area contributed by atoms with Gasteiger partial charge in [0.1, 0.15) is 0 Å². The fourth-order valence-electron chi connectivity index (χ4n) is 2.22. The smallest absolute Gasteiger partial charge is 0.242 e. The van der Waals surface area contributed by atoms with Crippen molar-refractivity contribution in [1.29, 1.82) is 0 Å². The molecule has 110 valence electrons. The minimum absolute atomic E-state index is 0.0363. The quantitative estimate of drug-likeness (QED) is 0.909. The molecular formula is C14H15ClN4OS. The average Bonchev–Trinajstić information content (AvgIpc) is 3.02. The van der Waals surface area contributed by atoms with Crippen LogP contribution < -0.4 is 10.6 Å². The Morgan fingerprint density at radius 2 is 2.43 bits per heavy atom. The van der Waals surface area contributed by atoms with E-state index in [1.54, 1.807) is 41.1 Å². The normalized spacial score (nSPS) is 18.4. The van der Waals surface area contributed by atoms with Crippen LogP contribution in [0.3, 0.4) is 0 Å². The molecule has 0 aliphatic carbocycles. The van der Waals surface area contributed by atoms with Gasteiger partial charge in [0.05, 0.1) is 28.8 Å². The van der Waals surface area contributed by atoms with Crippen LogP contribution in [0.2, 0.25) is 5.02 Å². The molecule has 2 N–H and O–H groups in total. The molecule has 1 aromatic carbocycles. The molecule has 1 aliphatic rings. The van der Waals surface area contributed by atoms with Crippen LogP contribution in [-0.4, -0.2) is 39.6 Å². The summed E-state index contributed by atoms with van der Waals surface area (Å²) in [5.74, 6) is 1.79. The molecule has 0 spiro atoms. The van der Waals surface area contributed by atoms with Gasteiger partial charge >= 0.3 is 0 Å². The standard InChI is InChI=1S/C14H15ClN4OS/c15-10-2-1-3-11(13(10)19-6-4-16-9-19)18-14(20)12-8-21-7-5-17-12/h1-4,6,9,12,17H,5,7-8H2,(H,18,20). The maximum atomic E-state index is 12.3. The van der Waals surface area contributed by atoms with Gasteiger partial charge in [-0.1, -0.05) is 17.7 Å². The number of thioether (sulfide) groups is 1. The van der Waals surface area contributed by atoms with E-state index >= 15 is 0 Å². The number of benzene rings is 1. The number of amides is 1. The van der Waals surface area contributed by atoms with Gasteiger partial charge in [-0.05, 0) is 12.1 Å². The average molecular weight is 323 g/mol. The Morgan fingerprint density at radius 1 is 1.52 bits per heavy atom. The van der Waals surface area contributed by atoms with Gasteiger partial charge in [0.25, 0.3) is 0 Å². The molecule has 21 heavy (non-hydrogen) atoms. The summed E-state index contributed by atoms with van der Waals surface area (Å²) in [6.07, 6.45) is 5.13. The molecule has 1 fully saturated rings. The lowest BCUT2D eigenvalue weighted by atomic mass is 10.2. The van der Waals surface area contributed by atoms with Crippen LogP contribution in [0.25, 0.3) is 5.69 Å². The third-order valence-corrected chi connectivity index (χ3v) is 4.61. The Kier molecular flexibility index (Phi) is 4.48. The number of rotatable bonds is 3. The number of carbonyl (C=O) groups excluding carboxylic acids is 1. The predicted molar refractivity (Wildman–Crippen MR) is 86.3 cm³/mol. The zero-order valence-corrected chi connectivity index (χ0v) is 12.8. The van der Waals surface area contributed by atoms with Crippen molar-refractivity contribution in [2.75, 3.05) is 23.4 Å². The van der Waals surface area contributed by atoms with Crippen molar-refractivity contribution in [2.45, 2.75) is 6.04 Å². The number of anilines is 1. The maximum Gasteiger partial charge on any atom is 0.242 e. The van der Waals surface area contributed by atoms with Gasteiger partial charge in [-0.2, -0.15) is 11.8 Å². The zero-order chi connectivity index (χ0) is 14.7. The second kappa shape index (κ2) is 6.51. The Balaban J connectivity index is 1.85. The number of halogens is 1. The van der Waals surface area contributed by atoms with E-state index < -0.39 is 0 Å². The molecule has 2 heterocycles. The summed E-state index contributed by atoms with van der Waals surface area (Å²) in [6, 6.07) is 5.29. The number of aromatic nitrogens is 2. The number of nitrogens with zero attached hydrogens (tertiary/aromatic N) is 2. The Labute approximate surface area is 132 Å². The molecule has 5 nitrogen and oxygen atoms in total. The van der Waals surface area contributed by atoms with Gasteiger partial charge in [-0.3, -0.25) is 4.79 Å². The first-order valence-electron chi connectivity index (χ1n) is 6.64. The highest BCUT2D eigenvalue weighted by molar-refractivity contribution is 7.99. The summed E-state index contributed by atoms with van der Waals surface area (Å²) in [5, 5.41) is 6.75. The van der Waals surface area contributed by atoms with Gasteiger partial charge in [0, 0.05) is 30.4 Å². The molecule has 0 bridgehead atoms. The van der Waals surface area contributed by atoms with Gasteiger partial charge in [-0.15, -0.1) is 0 Å². The fraction of sp³-hybridized carbons (Fsp3) is 0.286. The summed E-state index contributed by atoms with van der Waals surface area (Å²) in [5.41, 5.74) is 1.41. The molecule has 1 unspecified atom stereocenters. The molecule has 7 heteroatoms. The first-order chi connectivity index (χ1) is 10.3. The van der Waals surface area contributed by atoms with Crippen LogP contribution in [0.1, 0.15) is 0 Å². The van der Waals surface area contributed by atoms with Crippen LogP contribution in [0.15, 0.2) is 36.9 Å². The molecule has 3 rings (SSSR count). The molecule has 1 atom stereocenters. The van der Waals surface area contributed by atoms with E-state index in [1.807, 2.05) is 12.1 Å². The Hall–Kier alpha value is -1.50. The lowest BCUT2D eigenvalue weighted by Gasteiger charge is -2.23. The second-order valence-electron chi connectivity index (χ2n) is 4.68. The van der Waals surface area contributed by atoms with Crippen LogP contribution in [-0.2, 0) is 4.79 Å². The number of carbonyl (C=O) groups is 1. The summed E-state index contributed by atoms with van der Waals surface area (Å²) in [6.45, 7) is 0.854. The van der Waals surface area contributed by atoms with Crippen molar-refractivity contribution in [2.24, 2.45) is 0 Å². The van der Waals surface area contributed by atoms with Crippen LogP contribution in [0.4, 0.5) is 5.69 Å². The number of nitrogens with one attached hydrogen (secondary N) is 2. The summed E-state index contributed by atoms with van der Waals surface area (Å²) >= 11 is 8.05. The van der Waals surface area contributed by atoms with Crippen LogP contribution in [0.5, 0.6) is 0 Å². The van der Waals surface area contributed by atoms with Crippen molar-refractivity contribution in [1.82, 2.24) is 14.9 Å². The highest BCUT2D eigenvalue weighted by Gasteiger charge is 2.22. The monoisotopic (exact) mass is 322 g/mol. The summed E-state index contributed by atoms with van der Waals surface area (Å²) in [7, 11) is 0. The Morgan fingerprint density at radius 3 is 3.14 bits per heavy atom. The highest BCUT2D eigenvalue weighted by atomic mass is 35.5. The predicted octanol–water partition coefficient (Wildman–Crippen LogP) is 2.17. The maximum absolute atomic E-state index is 12.3. The number of imidazole rings is 1. The molecule has 2 aromatic rings. The zero-order valence-electron chi connectivity index (χ0n) is 11.3. The highest BCUT2D eigenvalue weighted by Crippen LogP contribution is 2.28. The third kappa shape index (κ3) is 3.23. The minimum Gasteiger partial charge on any atom is -0.323 e. The minimum atomic E-state index is -0.168. The Bertz CT molecular complexity index is 626. The lowest BCUT2D eigenvalue weighted by molar-refractivity contribution is -0.117. The van der Waals surface area contributed by atoms with Crippen molar-refractivity contribution in [3.63, 3.8) is 0 Å². The number of hydrogen-bond acceptors (Lipinski definition) is 4. The SMILES string of the molecule is O=C(Nc1cccc(Cl)c1-n1ccnc1)C1CSCCN1.